The predicted molar refractivity (Wildman–Crippen MR) is 115 cm³/mol. The fourth-order valence-electron chi connectivity index (χ4n) is 2.95. The Labute approximate surface area is 175 Å². The molecule has 0 bridgehead atoms. The van der Waals surface area contributed by atoms with Gasteiger partial charge >= 0.3 is 5.78 Å². The van der Waals surface area contributed by atoms with Gasteiger partial charge in [-0.15, -0.1) is 11.3 Å². The molecule has 0 radical (unpaired) electrons. The minimum absolute atomic E-state index is 0.0171. The van der Waals surface area contributed by atoms with Crippen LogP contribution in [0.2, 0.25) is 0 Å². The quantitative estimate of drug-likeness (QED) is 0.369. The van der Waals surface area contributed by atoms with Crippen LogP contribution in [0.1, 0.15) is 10.6 Å². The number of furan rings is 1. The van der Waals surface area contributed by atoms with Crippen LogP contribution in [-0.4, -0.2) is 10.9 Å². The number of carbonyl (C=O) groups excluding carboxylic acids is 1. The molecule has 8 heteroatoms. The number of hydrogen-bond donors (Lipinski definition) is 1. The van der Waals surface area contributed by atoms with Gasteiger partial charge in [-0.25, -0.2) is 4.98 Å². The summed E-state index contributed by atoms with van der Waals surface area (Å²) >= 11 is 4.70. The van der Waals surface area contributed by atoms with E-state index in [2.05, 4.69) is 26.2 Å². The molecule has 142 valence electrons. The number of aromatic nitrogens is 1. The number of rotatable bonds is 3. The standard InChI is InChI=1S/C21H11BrN2O4S/c22-12-7-5-11(6-8-12)15-10-29-21(23-15)24-19(26)17-9-14-18(25)13-3-1-2-4-16(13)27-20(14)28-17/h1-10H,(H,23,24,26). The molecule has 1 N–H and O–H groups in total. The van der Waals surface area contributed by atoms with Gasteiger partial charge in [-0.1, -0.05) is 40.2 Å². The Bertz CT molecular complexity index is 1430. The molecule has 0 saturated carbocycles. The van der Waals surface area contributed by atoms with Gasteiger partial charge in [0.25, 0.3) is 5.91 Å². The number of para-hydroxylation sites is 1. The zero-order valence-corrected chi connectivity index (χ0v) is 17.0. The Hall–Kier alpha value is -3.23. The molecule has 0 saturated heterocycles. The highest BCUT2D eigenvalue weighted by Gasteiger charge is 2.19. The normalized spacial score (nSPS) is 11.2. The van der Waals surface area contributed by atoms with Gasteiger partial charge in [-0.05, 0) is 24.3 Å². The van der Waals surface area contributed by atoms with Crippen molar-refractivity contribution < 1.29 is 13.6 Å². The van der Waals surface area contributed by atoms with Crippen molar-refractivity contribution in [2.45, 2.75) is 0 Å². The average Bonchev–Trinajstić information content (AvgIpc) is 3.36. The van der Waals surface area contributed by atoms with Crippen LogP contribution in [0.25, 0.3) is 33.4 Å². The lowest BCUT2D eigenvalue weighted by Crippen LogP contribution is -2.10. The second kappa shape index (κ2) is 6.98. The van der Waals surface area contributed by atoms with Crippen molar-refractivity contribution in [2.24, 2.45) is 0 Å². The molecule has 1 amide bonds. The maximum Gasteiger partial charge on any atom is 0.302 e. The van der Waals surface area contributed by atoms with Crippen LogP contribution in [0.3, 0.4) is 0 Å². The number of halogens is 1. The number of benzene rings is 2. The van der Waals surface area contributed by atoms with Gasteiger partial charge in [0.05, 0.1) is 11.1 Å². The Morgan fingerprint density at radius 3 is 2.66 bits per heavy atom. The van der Waals surface area contributed by atoms with E-state index >= 15 is 0 Å². The van der Waals surface area contributed by atoms with Gasteiger partial charge in [0, 0.05) is 21.5 Å². The zero-order chi connectivity index (χ0) is 20.0. The lowest BCUT2D eigenvalue weighted by molar-refractivity contribution is 0.0997. The van der Waals surface area contributed by atoms with Gasteiger partial charge in [0.1, 0.15) is 11.0 Å². The fourth-order valence-corrected chi connectivity index (χ4v) is 3.93. The average molecular weight is 467 g/mol. The topological polar surface area (TPSA) is 85.3 Å². The summed E-state index contributed by atoms with van der Waals surface area (Å²) in [5.74, 6) is -0.498. The van der Waals surface area contributed by atoms with E-state index < -0.39 is 5.91 Å². The van der Waals surface area contributed by atoms with E-state index in [-0.39, 0.29) is 22.4 Å². The van der Waals surface area contributed by atoms with E-state index in [1.807, 2.05) is 29.6 Å². The third-order valence-corrected chi connectivity index (χ3v) is 5.65. The van der Waals surface area contributed by atoms with Crippen LogP contribution < -0.4 is 10.7 Å². The summed E-state index contributed by atoms with van der Waals surface area (Å²) in [6, 6.07) is 16.0. The number of hydrogen-bond acceptors (Lipinski definition) is 6. The van der Waals surface area contributed by atoms with Crippen molar-refractivity contribution in [2.75, 3.05) is 5.32 Å². The Kier molecular flexibility index (Phi) is 4.30. The number of carbonyl (C=O) groups is 1. The second-order valence-electron chi connectivity index (χ2n) is 6.24. The molecular formula is C21H11BrN2O4S. The van der Waals surface area contributed by atoms with E-state index in [0.29, 0.717) is 16.1 Å². The fraction of sp³-hybridized carbons (Fsp3) is 0. The summed E-state index contributed by atoms with van der Waals surface area (Å²) in [4.78, 5) is 29.6. The SMILES string of the molecule is O=C(Nc1nc(-c2ccc(Br)cc2)cs1)c1cc2c(=O)c3ccccc3oc2o1. The van der Waals surface area contributed by atoms with Crippen LogP contribution in [0.5, 0.6) is 0 Å². The Morgan fingerprint density at radius 1 is 1.03 bits per heavy atom. The van der Waals surface area contributed by atoms with Crippen LogP contribution >= 0.6 is 27.3 Å². The minimum atomic E-state index is -0.503. The number of nitrogens with zero attached hydrogens (tertiary/aromatic N) is 1. The molecule has 0 fully saturated rings. The smallest absolute Gasteiger partial charge is 0.302 e. The summed E-state index contributed by atoms with van der Waals surface area (Å²) < 4.78 is 12.1. The third kappa shape index (κ3) is 3.26. The molecule has 0 unspecified atom stereocenters. The second-order valence-corrected chi connectivity index (χ2v) is 8.01. The molecule has 3 aromatic heterocycles. The monoisotopic (exact) mass is 466 g/mol. The summed E-state index contributed by atoms with van der Waals surface area (Å²) in [5.41, 5.74) is 1.86. The van der Waals surface area contributed by atoms with E-state index in [1.54, 1.807) is 24.3 Å². The number of fused-ring (bicyclic) bond motifs is 2. The molecule has 0 spiro atoms. The number of thiazole rings is 1. The Morgan fingerprint density at radius 2 is 1.83 bits per heavy atom. The first kappa shape index (κ1) is 17.8. The van der Waals surface area contributed by atoms with E-state index in [0.717, 1.165) is 15.7 Å². The lowest BCUT2D eigenvalue weighted by Gasteiger charge is -1.98. The van der Waals surface area contributed by atoms with Crippen LogP contribution in [0.4, 0.5) is 5.13 Å². The van der Waals surface area contributed by atoms with Crippen molar-refractivity contribution in [3.63, 3.8) is 0 Å². The van der Waals surface area contributed by atoms with E-state index in [1.165, 1.54) is 17.4 Å². The van der Waals surface area contributed by atoms with Crippen molar-refractivity contribution in [1.29, 1.82) is 0 Å². The molecule has 3 heterocycles. The van der Waals surface area contributed by atoms with Gasteiger partial charge in [-0.3, -0.25) is 14.9 Å². The number of amides is 1. The summed E-state index contributed by atoms with van der Waals surface area (Å²) in [6.45, 7) is 0. The maximum absolute atomic E-state index is 12.6. The first-order valence-electron chi connectivity index (χ1n) is 8.57. The van der Waals surface area contributed by atoms with Crippen molar-refractivity contribution in [3.8, 4) is 11.3 Å². The van der Waals surface area contributed by atoms with Gasteiger partial charge in [-0.2, -0.15) is 0 Å². The molecule has 2 aromatic carbocycles. The van der Waals surface area contributed by atoms with Crippen molar-refractivity contribution in [1.82, 2.24) is 4.98 Å². The van der Waals surface area contributed by atoms with Crippen LogP contribution in [0, 0.1) is 0 Å². The summed E-state index contributed by atoms with van der Waals surface area (Å²) in [5, 5.41) is 5.65. The molecule has 0 atom stereocenters. The first-order chi connectivity index (χ1) is 14.1. The highest BCUT2D eigenvalue weighted by Crippen LogP contribution is 2.27. The Balaban J connectivity index is 1.44. The van der Waals surface area contributed by atoms with Crippen LogP contribution in [-0.2, 0) is 0 Å². The van der Waals surface area contributed by atoms with E-state index in [9.17, 15) is 9.59 Å². The minimum Gasteiger partial charge on any atom is -0.425 e. The maximum atomic E-state index is 12.6. The predicted octanol–water partition coefficient (Wildman–Crippen LogP) is 5.68. The third-order valence-electron chi connectivity index (χ3n) is 4.37. The number of anilines is 1. The van der Waals surface area contributed by atoms with Gasteiger partial charge in [0.2, 0.25) is 5.43 Å². The lowest BCUT2D eigenvalue weighted by atomic mass is 10.2. The van der Waals surface area contributed by atoms with Gasteiger partial charge < -0.3 is 8.83 Å². The zero-order valence-electron chi connectivity index (χ0n) is 14.6. The molecule has 6 nitrogen and oxygen atoms in total. The van der Waals surface area contributed by atoms with Gasteiger partial charge in [0.15, 0.2) is 10.9 Å². The first-order valence-corrected chi connectivity index (χ1v) is 10.2. The summed E-state index contributed by atoms with van der Waals surface area (Å²) in [6.07, 6.45) is 0. The summed E-state index contributed by atoms with van der Waals surface area (Å²) in [7, 11) is 0. The molecule has 0 aliphatic carbocycles. The number of nitrogens with one attached hydrogen (secondary N) is 1. The highest BCUT2D eigenvalue weighted by molar-refractivity contribution is 9.10. The molecule has 0 aliphatic rings. The molecular weight excluding hydrogens is 456 g/mol. The molecule has 5 rings (SSSR count). The van der Waals surface area contributed by atoms with Crippen molar-refractivity contribution in [3.05, 3.63) is 80.4 Å². The van der Waals surface area contributed by atoms with E-state index in [4.69, 9.17) is 8.83 Å². The van der Waals surface area contributed by atoms with Crippen molar-refractivity contribution >= 4 is 60.4 Å². The molecule has 29 heavy (non-hydrogen) atoms. The highest BCUT2D eigenvalue weighted by atomic mass is 79.9. The van der Waals surface area contributed by atoms with Crippen LogP contribution in [0.15, 0.2) is 78.1 Å². The largest absolute Gasteiger partial charge is 0.425 e. The molecule has 0 aliphatic heterocycles. The molecule has 5 aromatic rings.